The van der Waals surface area contributed by atoms with Gasteiger partial charge in [0, 0.05) is 56.9 Å². The number of hydrogen-bond acceptors (Lipinski definition) is 6. The minimum Gasteiger partial charge on any atom is -0.477 e. The topological polar surface area (TPSA) is 86.8 Å². The second kappa shape index (κ2) is 15.3. The molecule has 4 aliphatic rings. The van der Waals surface area contributed by atoms with Gasteiger partial charge in [-0.25, -0.2) is 4.98 Å². The molecule has 1 aromatic heterocycles. The SMILES string of the molecule is CC(C)(C)NC(=O)CN1CCC(COc2nccc3cc(CC4(CCN5CC6(CC(C(=O)Nc7cc(Cl)cc(Cl)c7)C6)C5)CCC4)c(Cl)cc23)CC1. The number of carbonyl (C=O) groups excluding carboxylic acids is 2. The van der Waals surface area contributed by atoms with Crippen LogP contribution in [0.15, 0.2) is 42.6 Å². The highest BCUT2D eigenvalue weighted by Crippen LogP contribution is 2.54. The standard InChI is InChI=1S/C41H52Cl3N5O3/c1-39(2,3)47-36(50)23-48-12-6-27(7-13-48)24-52-38-34-19-35(44)29(15-28(34)5-11-45-38)20-40(8-4-9-40)10-14-49-25-41(26-49)21-30(22-41)37(51)46-33-17-31(42)16-32(43)18-33/h5,11,15-19,27,30H,4,6-10,12-14,20-26H2,1-3H3,(H,46,51)(H,47,50). The van der Waals surface area contributed by atoms with Gasteiger partial charge in [0.05, 0.1) is 13.2 Å². The number of carbonyl (C=O) groups is 2. The van der Waals surface area contributed by atoms with Crippen LogP contribution in [-0.2, 0) is 16.0 Å². The molecule has 2 saturated carbocycles. The smallest absolute Gasteiger partial charge is 0.234 e. The van der Waals surface area contributed by atoms with Gasteiger partial charge in [-0.15, -0.1) is 0 Å². The molecule has 0 bridgehead atoms. The van der Waals surface area contributed by atoms with Gasteiger partial charge in [0.25, 0.3) is 0 Å². The summed E-state index contributed by atoms with van der Waals surface area (Å²) in [4.78, 5) is 34.6. The Hall–Kier alpha value is -2.62. The lowest BCUT2D eigenvalue weighted by atomic mass is 9.57. The second-order valence-corrected chi connectivity index (χ2v) is 18.6. The van der Waals surface area contributed by atoms with Crippen LogP contribution in [0.3, 0.4) is 0 Å². The molecule has 3 heterocycles. The minimum absolute atomic E-state index is 0.0477. The molecule has 7 rings (SSSR count). The first-order chi connectivity index (χ1) is 24.7. The normalized spacial score (nSPS) is 20.6. The summed E-state index contributed by atoms with van der Waals surface area (Å²) in [5.74, 6) is 1.27. The van der Waals surface area contributed by atoms with Crippen molar-refractivity contribution in [2.75, 3.05) is 51.2 Å². The van der Waals surface area contributed by atoms with E-state index in [0.717, 1.165) is 80.6 Å². The third-order valence-electron chi connectivity index (χ3n) is 11.9. The number of ether oxygens (including phenoxy) is 1. The molecule has 0 atom stereocenters. The van der Waals surface area contributed by atoms with Crippen molar-refractivity contribution in [1.29, 1.82) is 0 Å². The number of anilines is 1. The Morgan fingerprint density at radius 1 is 0.981 bits per heavy atom. The van der Waals surface area contributed by atoms with Gasteiger partial charge in [0.2, 0.25) is 17.7 Å². The Labute approximate surface area is 323 Å². The number of aromatic nitrogens is 1. The number of nitrogens with zero attached hydrogens (tertiary/aromatic N) is 3. The van der Waals surface area contributed by atoms with E-state index in [2.05, 4.69) is 43.6 Å². The zero-order valence-electron chi connectivity index (χ0n) is 30.7. The molecular weight excluding hydrogens is 717 g/mol. The largest absolute Gasteiger partial charge is 0.477 e. The maximum atomic E-state index is 12.9. The number of fused-ring (bicyclic) bond motifs is 1. The van der Waals surface area contributed by atoms with Crippen LogP contribution >= 0.6 is 34.8 Å². The van der Waals surface area contributed by atoms with E-state index in [4.69, 9.17) is 39.5 Å². The van der Waals surface area contributed by atoms with Gasteiger partial charge in [-0.1, -0.05) is 41.2 Å². The van der Waals surface area contributed by atoms with E-state index in [1.54, 1.807) is 18.2 Å². The summed E-state index contributed by atoms with van der Waals surface area (Å²) in [6.45, 7) is 12.1. The molecule has 2 aromatic carbocycles. The molecule has 3 aromatic rings. The molecule has 2 saturated heterocycles. The van der Waals surface area contributed by atoms with Gasteiger partial charge in [0.1, 0.15) is 0 Å². The molecule has 0 unspecified atom stereocenters. The van der Waals surface area contributed by atoms with Crippen molar-refractivity contribution in [3.8, 4) is 5.88 Å². The van der Waals surface area contributed by atoms with Crippen LogP contribution in [0.4, 0.5) is 5.69 Å². The highest BCUT2D eigenvalue weighted by Gasteiger charge is 2.54. The van der Waals surface area contributed by atoms with Gasteiger partial charge >= 0.3 is 0 Å². The number of rotatable bonds is 12. The first-order valence-corrected chi connectivity index (χ1v) is 20.1. The van der Waals surface area contributed by atoms with Crippen LogP contribution in [0.1, 0.15) is 77.7 Å². The van der Waals surface area contributed by atoms with E-state index < -0.39 is 0 Å². The number of piperidine rings is 1. The van der Waals surface area contributed by atoms with Crippen LogP contribution in [0, 0.1) is 22.7 Å². The zero-order chi connectivity index (χ0) is 36.7. The average Bonchev–Trinajstić information content (AvgIpc) is 3.00. The van der Waals surface area contributed by atoms with E-state index >= 15 is 0 Å². The lowest BCUT2D eigenvalue weighted by molar-refractivity contribution is -0.140. The quantitative estimate of drug-likeness (QED) is 0.192. The van der Waals surface area contributed by atoms with Gasteiger partial charge in [-0.3, -0.25) is 14.5 Å². The van der Waals surface area contributed by atoms with E-state index in [0.29, 0.717) is 40.7 Å². The lowest BCUT2D eigenvalue weighted by Gasteiger charge is -2.59. The second-order valence-electron chi connectivity index (χ2n) is 17.4. The Balaban J connectivity index is 0.871. The van der Waals surface area contributed by atoms with Crippen molar-refractivity contribution < 1.29 is 14.3 Å². The Morgan fingerprint density at radius 3 is 2.35 bits per heavy atom. The van der Waals surface area contributed by atoms with Gasteiger partial charge in [0.15, 0.2) is 0 Å². The molecule has 11 heteroatoms. The van der Waals surface area contributed by atoms with Gasteiger partial charge in [-0.05, 0) is 156 Å². The molecule has 2 aliphatic heterocycles. The van der Waals surface area contributed by atoms with E-state index in [-0.39, 0.29) is 34.1 Å². The molecule has 1 spiro atoms. The Kier molecular flexibility index (Phi) is 11.1. The Bertz CT molecular complexity index is 1770. The van der Waals surface area contributed by atoms with E-state index in [1.807, 2.05) is 27.0 Å². The predicted octanol–water partition coefficient (Wildman–Crippen LogP) is 8.65. The highest BCUT2D eigenvalue weighted by molar-refractivity contribution is 6.35. The first kappa shape index (κ1) is 37.7. The number of likely N-dealkylation sites (tertiary alicyclic amines) is 2. The van der Waals surface area contributed by atoms with Crippen molar-refractivity contribution in [1.82, 2.24) is 20.1 Å². The van der Waals surface area contributed by atoms with Crippen molar-refractivity contribution in [2.45, 2.75) is 84.1 Å². The molecule has 2 aliphatic carbocycles. The molecular formula is C41H52Cl3N5O3. The molecule has 280 valence electrons. The Morgan fingerprint density at radius 2 is 1.69 bits per heavy atom. The molecule has 52 heavy (non-hydrogen) atoms. The number of benzene rings is 2. The highest BCUT2D eigenvalue weighted by atomic mass is 35.5. The van der Waals surface area contributed by atoms with Crippen LogP contribution in [0.25, 0.3) is 10.8 Å². The maximum absolute atomic E-state index is 12.9. The fraction of sp³-hybridized carbons (Fsp3) is 0.585. The zero-order valence-corrected chi connectivity index (χ0v) is 33.0. The fourth-order valence-electron chi connectivity index (χ4n) is 8.99. The summed E-state index contributed by atoms with van der Waals surface area (Å²) < 4.78 is 6.33. The molecule has 8 nitrogen and oxygen atoms in total. The van der Waals surface area contributed by atoms with Crippen molar-refractivity contribution >= 4 is 63.1 Å². The number of nitrogens with one attached hydrogen (secondary N) is 2. The first-order valence-electron chi connectivity index (χ1n) is 19.0. The monoisotopic (exact) mass is 767 g/mol. The molecule has 4 fully saturated rings. The fourth-order valence-corrected chi connectivity index (χ4v) is 9.74. The molecule has 2 amide bonds. The summed E-state index contributed by atoms with van der Waals surface area (Å²) >= 11 is 19.2. The lowest BCUT2D eigenvalue weighted by Crippen LogP contribution is -2.64. The van der Waals surface area contributed by atoms with Crippen LogP contribution in [0.5, 0.6) is 5.88 Å². The third kappa shape index (κ3) is 9.01. The number of hydrogen-bond donors (Lipinski definition) is 2. The summed E-state index contributed by atoms with van der Waals surface area (Å²) in [6.07, 6.45) is 11.6. The van der Waals surface area contributed by atoms with Crippen molar-refractivity contribution in [3.05, 3.63) is 63.2 Å². The van der Waals surface area contributed by atoms with Crippen molar-refractivity contribution in [2.24, 2.45) is 22.7 Å². The van der Waals surface area contributed by atoms with E-state index in [1.165, 1.54) is 31.2 Å². The van der Waals surface area contributed by atoms with Crippen LogP contribution in [0.2, 0.25) is 15.1 Å². The number of halogens is 3. The van der Waals surface area contributed by atoms with Gasteiger partial charge < -0.3 is 20.3 Å². The summed E-state index contributed by atoms with van der Waals surface area (Å²) in [6, 6.07) is 11.5. The summed E-state index contributed by atoms with van der Waals surface area (Å²) in [5, 5.41) is 9.97. The minimum atomic E-state index is -0.212. The summed E-state index contributed by atoms with van der Waals surface area (Å²) in [7, 11) is 0. The average molecular weight is 769 g/mol. The van der Waals surface area contributed by atoms with Crippen molar-refractivity contribution in [3.63, 3.8) is 0 Å². The van der Waals surface area contributed by atoms with Gasteiger partial charge in [-0.2, -0.15) is 0 Å². The third-order valence-corrected chi connectivity index (χ3v) is 12.6. The van der Waals surface area contributed by atoms with Crippen LogP contribution in [-0.4, -0.2) is 78.0 Å². The summed E-state index contributed by atoms with van der Waals surface area (Å²) in [5.41, 5.74) is 2.23. The molecule has 2 N–H and O–H groups in total. The predicted molar refractivity (Wildman–Crippen MR) is 211 cm³/mol. The number of amides is 2. The van der Waals surface area contributed by atoms with E-state index in [9.17, 15) is 9.59 Å². The van der Waals surface area contributed by atoms with Crippen LogP contribution < -0.4 is 15.4 Å². The molecule has 0 radical (unpaired) electrons. The maximum Gasteiger partial charge on any atom is 0.234 e. The number of pyridine rings is 1.